The molecule has 98 valence electrons. The number of carbonyl (C=O) groups is 1. The van der Waals surface area contributed by atoms with E-state index >= 15 is 0 Å². The van der Waals surface area contributed by atoms with Gasteiger partial charge in [-0.3, -0.25) is 9.78 Å². The van der Waals surface area contributed by atoms with Crippen molar-refractivity contribution in [2.75, 3.05) is 6.61 Å². The Morgan fingerprint density at radius 2 is 2.28 bits per heavy atom. The molecule has 1 saturated carbocycles. The van der Waals surface area contributed by atoms with Gasteiger partial charge in [-0.15, -0.1) is 0 Å². The molecule has 1 aromatic heterocycles. The van der Waals surface area contributed by atoms with Crippen molar-refractivity contribution in [2.24, 2.45) is 0 Å². The number of pyridine rings is 1. The van der Waals surface area contributed by atoms with Crippen LogP contribution in [0.3, 0.4) is 0 Å². The van der Waals surface area contributed by atoms with Crippen molar-refractivity contribution in [1.82, 2.24) is 10.3 Å². The number of rotatable bonds is 5. The molecule has 1 aliphatic rings. The summed E-state index contributed by atoms with van der Waals surface area (Å²) in [5.74, 6) is -0.0694. The fourth-order valence-electron chi connectivity index (χ4n) is 2.24. The first kappa shape index (κ1) is 13.0. The third-order valence-electron chi connectivity index (χ3n) is 3.26. The highest BCUT2D eigenvalue weighted by Gasteiger charge is 2.17. The summed E-state index contributed by atoms with van der Waals surface area (Å²) in [5, 5.41) is 2.89. The molecule has 1 atom stereocenters. The molecule has 1 fully saturated rings. The smallest absolute Gasteiger partial charge is 0.246 e. The summed E-state index contributed by atoms with van der Waals surface area (Å²) in [5.41, 5.74) is 0.867. The molecule has 4 heteroatoms. The van der Waals surface area contributed by atoms with Crippen molar-refractivity contribution in [3.63, 3.8) is 0 Å². The Morgan fingerprint density at radius 3 is 2.94 bits per heavy atom. The zero-order valence-electron chi connectivity index (χ0n) is 10.8. The summed E-state index contributed by atoms with van der Waals surface area (Å²) in [6, 6.07) is 5.61. The average Bonchev–Trinajstić information content (AvgIpc) is 2.90. The highest BCUT2D eigenvalue weighted by atomic mass is 16.5. The SMILES string of the molecule is C[C@@H](NC(=O)COC1CCCC1)c1ccccn1. The molecule has 0 aliphatic heterocycles. The minimum absolute atomic E-state index is 0.0694. The molecule has 2 rings (SSSR count). The van der Waals surface area contributed by atoms with Crippen molar-refractivity contribution in [2.45, 2.75) is 44.8 Å². The van der Waals surface area contributed by atoms with Gasteiger partial charge in [0.05, 0.1) is 17.8 Å². The van der Waals surface area contributed by atoms with Gasteiger partial charge in [0.15, 0.2) is 0 Å². The first-order valence-electron chi connectivity index (χ1n) is 6.57. The fraction of sp³-hybridized carbons (Fsp3) is 0.571. The van der Waals surface area contributed by atoms with Gasteiger partial charge >= 0.3 is 0 Å². The van der Waals surface area contributed by atoms with Crippen molar-refractivity contribution in [3.05, 3.63) is 30.1 Å². The largest absolute Gasteiger partial charge is 0.368 e. The molecule has 0 saturated heterocycles. The molecular formula is C14H20N2O2. The lowest BCUT2D eigenvalue weighted by Gasteiger charge is -2.15. The predicted octanol–water partition coefficient (Wildman–Crippen LogP) is 2.22. The van der Waals surface area contributed by atoms with Gasteiger partial charge in [0.2, 0.25) is 5.91 Å². The first-order chi connectivity index (χ1) is 8.75. The van der Waals surface area contributed by atoms with Crippen molar-refractivity contribution >= 4 is 5.91 Å². The number of ether oxygens (including phenoxy) is 1. The second-order valence-corrected chi connectivity index (χ2v) is 4.76. The molecule has 0 radical (unpaired) electrons. The summed E-state index contributed by atoms with van der Waals surface area (Å²) in [7, 11) is 0. The van der Waals surface area contributed by atoms with E-state index in [1.54, 1.807) is 6.20 Å². The second kappa shape index (κ2) is 6.50. The van der Waals surface area contributed by atoms with E-state index in [0.717, 1.165) is 18.5 Å². The minimum atomic E-state index is -0.0779. The van der Waals surface area contributed by atoms with E-state index in [1.807, 2.05) is 25.1 Å². The Hall–Kier alpha value is -1.42. The van der Waals surface area contributed by atoms with Gasteiger partial charge in [-0.1, -0.05) is 18.9 Å². The normalized spacial score (nSPS) is 17.6. The lowest BCUT2D eigenvalue weighted by atomic mass is 10.2. The van der Waals surface area contributed by atoms with Crippen LogP contribution in [0.15, 0.2) is 24.4 Å². The third kappa shape index (κ3) is 3.81. The summed E-state index contributed by atoms with van der Waals surface area (Å²) in [4.78, 5) is 15.9. The molecule has 18 heavy (non-hydrogen) atoms. The molecule has 1 aromatic rings. The highest BCUT2D eigenvalue weighted by molar-refractivity contribution is 5.77. The van der Waals surface area contributed by atoms with Crippen LogP contribution in [-0.2, 0) is 9.53 Å². The number of carbonyl (C=O) groups excluding carboxylic acids is 1. The Labute approximate surface area is 108 Å². The van der Waals surface area contributed by atoms with E-state index in [9.17, 15) is 4.79 Å². The van der Waals surface area contributed by atoms with Gasteiger partial charge in [-0.25, -0.2) is 0 Å². The molecule has 1 amide bonds. The summed E-state index contributed by atoms with van der Waals surface area (Å²) in [6.45, 7) is 2.08. The third-order valence-corrected chi connectivity index (χ3v) is 3.26. The average molecular weight is 248 g/mol. The van der Waals surface area contributed by atoms with E-state index in [2.05, 4.69) is 10.3 Å². The second-order valence-electron chi connectivity index (χ2n) is 4.76. The Kier molecular flexibility index (Phi) is 4.70. The Morgan fingerprint density at radius 1 is 1.50 bits per heavy atom. The van der Waals surface area contributed by atoms with E-state index in [0.29, 0.717) is 0 Å². The summed E-state index contributed by atoms with van der Waals surface area (Å²) >= 11 is 0. The Balaban J connectivity index is 1.73. The molecular weight excluding hydrogens is 228 g/mol. The molecule has 0 unspecified atom stereocenters. The molecule has 0 bridgehead atoms. The van der Waals surface area contributed by atoms with Gasteiger partial charge in [0, 0.05) is 6.20 Å². The molecule has 4 nitrogen and oxygen atoms in total. The molecule has 0 spiro atoms. The van der Waals surface area contributed by atoms with Gasteiger partial charge in [0.1, 0.15) is 6.61 Å². The van der Waals surface area contributed by atoms with Crippen LogP contribution in [-0.4, -0.2) is 23.6 Å². The van der Waals surface area contributed by atoms with Gasteiger partial charge in [0.25, 0.3) is 0 Å². The number of amides is 1. The van der Waals surface area contributed by atoms with Crippen LogP contribution >= 0.6 is 0 Å². The van der Waals surface area contributed by atoms with E-state index in [1.165, 1.54) is 12.8 Å². The van der Waals surface area contributed by atoms with E-state index in [4.69, 9.17) is 4.74 Å². The summed E-state index contributed by atoms with van der Waals surface area (Å²) < 4.78 is 5.57. The van der Waals surface area contributed by atoms with Crippen LogP contribution in [0.4, 0.5) is 0 Å². The van der Waals surface area contributed by atoms with Gasteiger partial charge < -0.3 is 10.1 Å². The maximum absolute atomic E-state index is 11.7. The van der Waals surface area contributed by atoms with Crippen LogP contribution in [0.2, 0.25) is 0 Å². The molecule has 1 heterocycles. The maximum atomic E-state index is 11.7. The topological polar surface area (TPSA) is 51.2 Å². The van der Waals surface area contributed by atoms with Crippen LogP contribution in [0.1, 0.15) is 44.3 Å². The van der Waals surface area contributed by atoms with Gasteiger partial charge in [-0.05, 0) is 31.9 Å². The lowest BCUT2D eigenvalue weighted by Crippen LogP contribution is -2.31. The summed E-state index contributed by atoms with van der Waals surface area (Å²) in [6.07, 6.45) is 6.62. The minimum Gasteiger partial charge on any atom is -0.368 e. The monoisotopic (exact) mass is 248 g/mol. The van der Waals surface area contributed by atoms with Crippen molar-refractivity contribution < 1.29 is 9.53 Å². The molecule has 1 aliphatic carbocycles. The van der Waals surface area contributed by atoms with Crippen molar-refractivity contribution in [1.29, 1.82) is 0 Å². The van der Waals surface area contributed by atoms with Crippen LogP contribution in [0, 0.1) is 0 Å². The number of nitrogens with zero attached hydrogens (tertiary/aromatic N) is 1. The zero-order valence-corrected chi connectivity index (χ0v) is 10.8. The zero-order chi connectivity index (χ0) is 12.8. The molecule has 1 N–H and O–H groups in total. The lowest BCUT2D eigenvalue weighted by molar-refractivity contribution is -0.128. The number of hydrogen-bond donors (Lipinski definition) is 1. The first-order valence-corrected chi connectivity index (χ1v) is 6.57. The van der Waals surface area contributed by atoms with Crippen LogP contribution < -0.4 is 5.32 Å². The maximum Gasteiger partial charge on any atom is 0.246 e. The molecule has 0 aromatic carbocycles. The fourth-order valence-corrected chi connectivity index (χ4v) is 2.24. The number of hydrogen-bond acceptors (Lipinski definition) is 3. The number of nitrogens with one attached hydrogen (secondary N) is 1. The van der Waals surface area contributed by atoms with Crippen LogP contribution in [0.5, 0.6) is 0 Å². The predicted molar refractivity (Wildman–Crippen MR) is 69.0 cm³/mol. The van der Waals surface area contributed by atoms with E-state index < -0.39 is 0 Å². The van der Waals surface area contributed by atoms with E-state index in [-0.39, 0.29) is 24.7 Å². The van der Waals surface area contributed by atoms with Crippen molar-refractivity contribution in [3.8, 4) is 0 Å². The van der Waals surface area contributed by atoms with Gasteiger partial charge in [-0.2, -0.15) is 0 Å². The highest BCUT2D eigenvalue weighted by Crippen LogP contribution is 2.20. The quantitative estimate of drug-likeness (QED) is 0.869. The number of aromatic nitrogens is 1. The Bertz CT molecular complexity index is 375. The standard InChI is InChI=1S/C14H20N2O2/c1-11(13-8-4-5-9-15-13)16-14(17)10-18-12-6-2-3-7-12/h4-5,8-9,11-12H,2-3,6-7,10H2,1H3,(H,16,17)/t11-/m1/s1. The van der Waals surface area contributed by atoms with Crippen LogP contribution in [0.25, 0.3) is 0 Å².